The summed E-state index contributed by atoms with van der Waals surface area (Å²) in [4.78, 5) is 37.8. The molecule has 1 aliphatic carbocycles. The van der Waals surface area contributed by atoms with Gasteiger partial charge in [0.1, 0.15) is 19.8 Å². The minimum absolute atomic E-state index is 0.0892. The van der Waals surface area contributed by atoms with Crippen LogP contribution in [0.2, 0.25) is 0 Å². The molecule has 344 valence electrons. The van der Waals surface area contributed by atoms with E-state index >= 15 is 0 Å². The summed E-state index contributed by atoms with van der Waals surface area (Å²) in [5.41, 5.74) is 0. The summed E-state index contributed by atoms with van der Waals surface area (Å²) in [6.45, 7) is 3.73. The molecule has 12 nitrogen and oxygen atoms in total. The van der Waals surface area contributed by atoms with E-state index in [2.05, 4.69) is 26.0 Å². The largest absolute Gasteiger partial charge is 0.756 e. The first-order valence-electron chi connectivity index (χ1n) is 23.0. The summed E-state index contributed by atoms with van der Waals surface area (Å²) in [6, 6.07) is 0. The molecule has 0 spiro atoms. The van der Waals surface area contributed by atoms with Crippen LogP contribution in [0, 0.1) is 11.8 Å². The molecule has 0 aromatic heterocycles. The molecular weight excluding hydrogens is 773 g/mol. The molecule has 59 heavy (non-hydrogen) atoms. The number of hydrogen-bond acceptors (Lipinski definition) is 11. The van der Waals surface area contributed by atoms with Gasteiger partial charge >= 0.3 is 11.9 Å². The van der Waals surface area contributed by atoms with Crippen LogP contribution in [0.15, 0.2) is 36.5 Å². The van der Waals surface area contributed by atoms with Crippen LogP contribution in [-0.2, 0) is 32.7 Å². The van der Waals surface area contributed by atoms with Crippen LogP contribution in [0.3, 0.4) is 0 Å². The molecule has 0 aromatic carbocycles. The molecule has 0 saturated heterocycles. The van der Waals surface area contributed by atoms with Crippen LogP contribution in [0.25, 0.3) is 0 Å². The molecule has 1 aliphatic rings. The highest BCUT2D eigenvalue weighted by molar-refractivity contribution is 7.45. The Morgan fingerprint density at radius 1 is 0.763 bits per heavy atom. The molecule has 0 aliphatic heterocycles. The summed E-state index contributed by atoms with van der Waals surface area (Å²) in [7, 11) is 0.967. The summed E-state index contributed by atoms with van der Waals surface area (Å²) in [5.74, 6) is -1.78. The number of phosphoric ester groups is 1. The fourth-order valence-electron chi connectivity index (χ4n) is 7.04. The topological polar surface area (TPSA) is 172 Å². The monoisotopic (exact) mass is 858 g/mol. The average molecular weight is 858 g/mol. The van der Waals surface area contributed by atoms with Crippen molar-refractivity contribution in [3.05, 3.63) is 36.5 Å². The zero-order valence-corrected chi connectivity index (χ0v) is 38.4. The van der Waals surface area contributed by atoms with Gasteiger partial charge in [0, 0.05) is 18.8 Å². The van der Waals surface area contributed by atoms with Crippen molar-refractivity contribution in [2.45, 2.75) is 186 Å². The predicted molar refractivity (Wildman–Crippen MR) is 233 cm³/mol. The van der Waals surface area contributed by atoms with Gasteiger partial charge in [-0.25, -0.2) is 0 Å². The van der Waals surface area contributed by atoms with Crippen LogP contribution < -0.4 is 4.89 Å². The van der Waals surface area contributed by atoms with Gasteiger partial charge < -0.3 is 43.2 Å². The number of carbonyl (C=O) groups excluding carboxylic acids is 2. The van der Waals surface area contributed by atoms with E-state index in [-0.39, 0.29) is 44.3 Å². The molecule has 7 atom stereocenters. The molecule has 1 rings (SSSR count). The Bertz CT molecular complexity index is 1220. The number of likely N-dealkylation sites (N-methyl/N-ethyl adjacent to an activating group) is 1. The maximum Gasteiger partial charge on any atom is 0.310 e. The number of esters is 2. The summed E-state index contributed by atoms with van der Waals surface area (Å²) >= 11 is 0. The second-order valence-electron chi connectivity index (χ2n) is 17.4. The number of phosphoric acid groups is 1. The van der Waals surface area contributed by atoms with Crippen molar-refractivity contribution in [1.82, 2.24) is 0 Å². The van der Waals surface area contributed by atoms with Gasteiger partial charge in [-0.1, -0.05) is 134 Å². The fourth-order valence-corrected chi connectivity index (χ4v) is 7.76. The smallest absolute Gasteiger partial charge is 0.310 e. The first kappa shape index (κ1) is 55.1. The van der Waals surface area contributed by atoms with Gasteiger partial charge in [-0.05, 0) is 50.9 Å². The number of hydrogen-bond donors (Lipinski definition) is 3. The third kappa shape index (κ3) is 30.7. The van der Waals surface area contributed by atoms with Crippen molar-refractivity contribution in [2.75, 3.05) is 47.5 Å². The Hall–Kier alpha value is -1.89. The zero-order valence-electron chi connectivity index (χ0n) is 37.5. The third-order valence-corrected chi connectivity index (χ3v) is 11.7. The summed E-state index contributed by atoms with van der Waals surface area (Å²) < 4.78 is 33.8. The number of ether oxygens (including phenoxy) is 2. The molecule has 1 unspecified atom stereocenters. The molecule has 0 bridgehead atoms. The Kier molecular flexibility index (Phi) is 31.5. The van der Waals surface area contributed by atoms with Gasteiger partial charge in [-0.2, -0.15) is 0 Å². The molecule has 1 fully saturated rings. The van der Waals surface area contributed by atoms with E-state index < -0.39 is 50.8 Å². The van der Waals surface area contributed by atoms with E-state index in [0.717, 1.165) is 44.9 Å². The first-order valence-corrected chi connectivity index (χ1v) is 24.4. The van der Waals surface area contributed by atoms with Gasteiger partial charge in [-0.15, -0.1) is 0 Å². The third-order valence-electron chi connectivity index (χ3n) is 10.7. The van der Waals surface area contributed by atoms with Gasteiger partial charge in [0.15, 0.2) is 6.10 Å². The molecular formula is C46H84NO11P. The highest BCUT2D eigenvalue weighted by atomic mass is 31.2. The number of rotatable bonds is 37. The predicted octanol–water partition coefficient (Wildman–Crippen LogP) is 8.66. The normalized spacial score (nSPS) is 20.8. The Morgan fingerprint density at radius 2 is 1.36 bits per heavy atom. The number of aliphatic hydroxyl groups excluding tert-OH is 3. The van der Waals surface area contributed by atoms with Crippen molar-refractivity contribution in [3.63, 3.8) is 0 Å². The van der Waals surface area contributed by atoms with Crippen molar-refractivity contribution in [1.29, 1.82) is 0 Å². The Labute approximate surface area is 358 Å². The van der Waals surface area contributed by atoms with E-state index in [4.69, 9.17) is 18.5 Å². The minimum atomic E-state index is -4.72. The number of carbonyl (C=O) groups is 2. The Balaban J connectivity index is 2.53. The van der Waals surface area contributed by atoms with Crippen molar-refractivity contribution in [3.8, 4) is 0 Å². The van der Waals surface area contributed by atoms with E-state index in [9.17, 15) is 34.4 Å². The molecule has 1 saturated carbocycles. The van der Waals surface area contributed by atoms with Crippen molar-refractivity contribution < 1.29 is 57.4 Å². The highest BCUT2D eigenvalue weighted by Gasteiger charge is 2.39. The fraction of sp³-hybridized carbons (Fsp3) is 0.826. The average Bonchev–Trinajstić information content (AvgIpc) is 3.44. The molecule has 3 N–H and O–H groups in total. The lowest BCUT2D eigenvalue weighted by atomic mass is 9.89. The minimum Gasteiger partial charge on any atom is -0.756 e. The van der Waals surface area contributed by atoms with Gasteiger partial charge in [0.05, 0.1) is 52.5 Å². The van der Waals surface area contributed by atoms with Crippen LogP contribution in [-0.4, -0.2) is 104 Å². The maximum atomic E-state index is 12.8. The van der Waals surface area contributed by atoms with Gasteiger partial charge in [0.25, 0.3) is 7.82 Å². The van der Waals surface area contributed by atoms with Crippen molar-refractivity contribution in [2.24, 2.45) is 11.8 Å². The van der Waals surface area contributed by atoms with E-state index in [1.165, 1.54) is 64.2 Å². The Morgan fingerprint density at radius 3 is 1.98 bits per heavy atom. The zero-order chi connectivity index (χ0) is 43.8. The standard InChI is InChI=1S/C46H84NO11P/c1-6-8-10-11-12-13-14-15-16-17-18-19-20-21-22-23-25-30-45(51)55-37-40(38-57-59(53,54)56-35-34-47(3,4)5)58-46(52)31-27-26-29-41-42(44(50)36-43(41)49)33-32-39(48)28-24-9-7-2/h15-16,26-27,32-33,39-44,48-50H,6-14,17-25,28-31,34-38H2,1-5H3/b16-15-,27-26-,33-32+/t39-,40-,41+,42-,43+,44-/m1/s1. The van der Waals surface area contributed by atoms with E-state index in [1.807, 2.05) is 21.1 Å². The molecule has 0 aromatic rings. The molecule has 0 heterocycles. The van der Waals surface area contributed by atoms with Crippen LogP contribution in [0.1, 0.15) is 162 Å². The van der Waals surface area contributed by atoms with E-state index in [0.29, 0.717) is 30.3 Å². The van der Waals surface area contributed by atoms with Crippen LogP contribution >= 0.6 is 7.82 Å². The van der Waals surface area contributed by atoms with E-state index in [1.54, 1.807) is 24.3 Å². The number of quaternary nitrogens is 1. The number of aliphatic hydroxyl groups is 3. The number of nitrogens with zero attached hydrogens (tertiary/aromatic N) is 1. The lowest BCUT2D eigenvalue weighted by molar-refractivity contribution is -0.870. The number of unbranched alkanes of at least 4 members (excludes halogenated alkanes) is 15. The highest BCUT2D eigenvalue weighted by Crippen LogP contribution is 2.38. The van der Waals surface area contributed by atoms with Crippen LogP contribution in [0.4, 0.5) is 0 Å². The quantitative estimate of drug-likeness (QED) is 0.0180. The molecule has 0 amide bonds. The van der Waals surface area contributed by atoms with Gasteiger partial charge in [-0.3, -0.25) is 14.2 Å². The summed E-state index contributed by atoms with van der Waals surface area (Å²) in [6.07, 6.45) is 30.1. The second kappa shape index (κ2) is 33.7. The lowest BCUT2D eigenvalue weighted by Gasteiger charge is -2.28. The number of allylic oxidation sites excluding steroid dienone is 3. The van der Waals surface area contributed by atoms with Crippen LogP contribution in [0.5, 0.6) is 0 Å². The lowest BCUT2D eigenvalue weighted by Crippen LogP contribution is -2.37. The SMILES string of the molecule is CCCCCCCC/C=C\CCCCCCCCCC(=O)OC[C@H](COP(=O)([O-])OCC[N+](C)(C)C)OC(=O)C/C=C\C[C@H]1[C@@H](/C=C/[C@H](O)CCCCC)[C@H](O)C[C@@H]1O. The second-order valence-corrected chi connectivity index (χ2v) is 18.8. The molecule has 0 radical (unpaired) electrons. The maximum absolute atomic E-state index is 12.8. The van der Waals surface area contributed by atoms with Crippen molar-refractivity contribution >= 4 is 19.8 Å². The van der Waals surface area contributed by atoms with Gasteiger partial charge in [0.2, 0.25) is 0 Å². The molecule has 13 heteroatoms. The summed E-state index contributed by atoms with van der Waals surface area (Å²) in [5, 5.41) is 31.4. The first-order chi connectivity index (χ1) is 28.2.